The number of carbonyl (C=O) groups excluding carboxylic acids is 2. The summed E-state index contributed by atoms with van der Waals surface area (Å²) in [7, 11) is 0. The van der Waals surface area contributed by atoms with Gasteiger partial charge in [0.1, 0.15) is 5.82 Å². The van der Waals surface area contributed by atoms with Crippen molar-refractivity contribution in [2.75, 3.05) is 6.54 Å². The number of amides is 1. The predicted molar refractivity (Wildman–Crippen MR) is 126 cm³/mol. The van der Waals surface area contributed by atoms with Crippen molar-refractivity contribution in [3.8, 4) is 11.1 Å². The summed E-state index contributed by atoms with van der Waals surface area (Å²) in [5.41, 5.74) is 6.70. The molecule has 1 aromatic heterocycles. The van der Waals surface area contributed by atoms with Gasteiger partial charge in [-0.15, -0.1) is 0 Å². The van der Waals surface area contributed by atoms with Crippen molar-refractivity contribution < 1.29 is 14.0 Å². The summed E-state index contributed by atoms with van der Waals surface area (Å²) in [6, 6.07) is 18.0. The average molecular weight is 429 g/mol. The first-order valence-electron chi connectivity index (χ1n) is 10.6. The standard InChI is InChI=1S/C27H25FN2O2/c1-16-4-13-24(28)26-25(16)23(17(2)30-26)14-15-29-27(32)22-11-9-21(10-12-22)20-7-5-19(6-8-20)18(3)31/h4-13,30H,14-15H2,1-3H3,(H,29,32). The van der Waals surface area contributed by atoms with E-state index in [1.54, 1.807) is 37.3 Å². The molecule has 32 heavy (non-hydrogen) atoms. The molecule has 4 aromatic rings. The van der Waals surface area contributed by atoms with E-state index in [0.717, 1.165) is 33.3 Å². The van der Waals surface area contributed by atoms with Gasteiger partial charge in [-0.3, -0.25) is 9.59 Å². The van der Waals surface area contributed by atoms with Crippen LogP contribution in [0.4, 0.5) is 4.39 Å². The van der Waals surface area contributed by atoms with Crippen molar-refractivity contribution in [2.24, 2.45) is 0 Å². The molecule has 3 aromatic carbocycles. The van der Waals surface area contributed by atoms with E-state index in [1.807, 2.05) is 38.1 Å². The summed E-state index contributed by atoms with van der Waals surface area (Å²) in [5, 5.41) is 3.86. The number of halogens is 1. The van der Waals surface area contributed by atoms with Gasteiger partial charge in [0.15, 0.2) is 5.78 Å². The van der Waals surface area contributed by atoms with Crippen molar-refractivity contribution in [3.05, 3.63) is 94.4 Å². The lowest BCUT2D eigenvalue weighted by Gasteiger charge is -2.08. The summed E-state index contributed by atoms with van der Waals surface area (Å²) in [5.74, 6) is -0.379. The van der Waals surface area contributed by atoms with Crippen molar-refractivity contribution in [1.82, 2.24) is 10.3 Å². The number of fused-ring (bicyclic) bond motifs is 1. The first-order chi connectivity index (χ1) is 15.3. The first kappa shape index (κ1) is 21.5. The SMILES string of the molecule is CC(=O)c1ccc(-c2ccc(C(=O)NCCc3c(C)[nH]c4c(F)ccc(C)c34)cc2)cc1. The molecule has 0 bridgehead atoms. The molecule has 4 rings (SSSR count). The van der Waals surface area contributed by atoms with Crippen LogP contribution in [0.3, 0.4) is 0 Å². The monoisotopic (exact) mass is 428 g/mol. The summed E-state index contributed by atoms with van der Waals surface area (Å²) < 4.78 is 14.1. The summed E-state index contributed by atoms with van der Waals surface area (Å²) >= 11 is 0. The van der Waals surface area contributed by atoms with Gasteiger partial charge in [-0.2, -0.15) is 0 Å². The van der Waals surface area contributed by atoms with Crippen LogP contribution >= 0.6 is 0 Å². The minimum atomic E-state index is -0.264. The van der Waals surface area contributed by atoms with E-state index in [-0.39, 0.29) is 17.5 Å². The lowest BCUT2D eigenvalue weighted by atomic mass is 10.0. The molecule has 0 saturated heterocycles. The van der Waals surface area contributed by atoms with Gasteiger partial charge >= 0.3 is 0 Å². The van der Waals surface area contributed by atoms with Crippen molar-refractivity contribution in [3.63, 3.8) is 0 Å². The molecule has 0 fully saturated rings. The van der Waals surface area contributed by atoms with E-state index in [0.29, 0.717) is 29.6 Å². The highest BCUT2D eigenvalue weighted by Crippen LogP contribution is 2.28. The van der Waals surface area contributed by atoms with Crippen LogP contribution < -0.4 is 5.32 Å². The third-order valence-corrected chi connectivity index (χ3v) is 5.86. The zero-order valence-electron chi connectivity index (χ0n) is 18.4. The molecule has 0 aliphatic rings. The smallest absolute Gasteiger partial charge is 0.251 e. The minimum Gasteiger partial charge on any atom is -0.356 e. The molecule has 2 N–H and O–H groups in total. The lowest BCUT2D eigenvalue weighted by molar-refractivity contribution is 0.0953. The Morgan fingerprint density at radius 1 is 0.875 bits per heavy atom. The maximum atomic E-state index is 14.1. The Morgan fingerprint density at radius 2 is 1.47 bits per heavy atom. The van der Waals surface area contributed by atoms with E-state index in [4.69, 9.17) is 0 Å². The highest BCUT2D eigenvalue weighted by Gasteiger charge is 2.14. The summed E-state index contributed by atoms with van der Waals surface area (Å²) in [6.45, 7) is 5.89. The van der Waals surface area contributed by atoms with Crippen LogP contribution in [0.15, 0.2) is 60.7 Å². The Kier molecular flexibility index (Phi) is 5.91. The zero-order valence-corrected chi connectivity index (χ0v) is 18.4. The maximum absolute atomic E-state index is 14.1. The molecule has 0 aliphatic carbocycles. The number of nitrogens with one attached hydrogen (secondary N) is 2. The Balaban J connectivity index is 1.42. The van der Waals surface area contributed by atoms with Crippen LogP contribution in [-0.4, -0.2) is 23.2 Å². The molecule has 5 heteroatoms. The van der Waals surface area contributed by atoms with Crippen molar-refractivity contribution in [2.45, 2.75) is 27.2 Å². The number of H-pyrrole nitrogens is 1. The van der Waals surface area contributed by atoms with Gasteiger partial charge in [0.25, 0.3) is 5.91 Å². The highest BCUT2D eigenvalue weighted by molar-refractivity contribution is 5.95. The first-order valence-corrected chi connectivity index (χ1v) is 10.6. The molecule has 0 aliphatic heterocycles. The lowest BCUT2D eigenvalue weighted by Crippen LogP contribution is -2.25. The molecular formula is C27H25FN2O2. The number of aromatic nitrogens is 1. The minimum absolute atomic E-state index is 0.0340. The number of hydrogen-bond acceptors (Lipinski definition) is 2. The summed E-state index contributed by atoms with van der Waals surface area (Å²) in [6.07, 6.45) is 0.614. The van der Waals surface area contributed by atoms with Gasteiger partial charge in [0, 0.05) is 28.8 Å². The number of hydrogen-bond donors (Lipinski definition) is 2. The number of aryl methyl sites for hydroxylation is 2. The zero-order chi connectivity index (χ0) is 22.8. The molecule has 0 spiro atoms. The quantitative estimate of drug-likeness (QED) is 0.383. The molecule has 0 unspecified atom stereocenters. The van der Waals surface area contributed by atoms with Crippen LogP contribution in [0.2, 0.25) is 0 Å². The Morgan fingerprint density at radius 3 is 2.06 bits per heavy atom. The van der Waals surface area contributed by atoms with Gasteiger partial charge in [-0.1, -0.05) is 42.5 Å². The van der Waals surface area contributed by atoms with E-state index in [9.17, 15) is 14.0 Å². The van der Waals surface area contributed by atoms with Gasteiger partial charge in [-0.25, -0.2) is 4.39 Å². The molecule has 0 radical (unpaired) electrons. The van der Waals surface area contributed by atoms with E-state index in [1.165, 1.54) is 6.07 Å². The van der Waals surface area contributed by atoms with Crippen LogP contribution in [0.5, 0.6) is 0 Å². The van der Waals surface area contributed by atoms with Crippen LogP contribution in [0, 0.1) is 19.7 Å². The van der Waals surface area contributed by atoms with E-state index < -0.39 is 0 Å². The highest BCUT2D eigenvalue weighted by atomic mass is 19.1. The Hall–Kier alpha value is -3.73. The molecule has 4 nitrogen and oxygen atoms in total. The van der Waals surface area contributed by atoms with E-state index >= 15 is 0 Å². The third-order valence-electron chi connectivity index (χ3n) is 5.86. The Labute approximate surface area is 186 Å². The molecular weight excluding hydrogens is 403 g/mol. The maximum Gasteiger partial charge on any atom is 0.251 e. The fourth-order valence-corrected chi connectivity index (χ4v) is 4.07. The number of benzene rings is 3. The van der Waals surface area contributed by atoms with Gasteiger partial charge < -0.3 is 10.3 Å². The molecule has 0 atom stereocenters. The van der Waals surface area contributed by atoms with Crippen LogP contribution in [0.1, 0.15) is 44.5 Å². The molecule has 1 amide bonds. The number of carbonyl (C=O) groups is 2. The second-order valence-corrected chi connectivity index (χ2v) is 8.06. The van der Waals surface area contributed by atoms with Gasteiger partial charge in [0.2, 0.25) is 0 Å². The largest absolute Gasteiger partial charge is 0.356 e. The molecule has 0 saturated carbocycles. The molecule has 162 valence electrons. The fourth-order valence-electron chi connectivity index (χ4n) is 4.07. The normalized spacial score (nSPS) is 11.0. The average Bonchev–Trinajstić information content (AvgIpc) is 3.14. The second kappa shape index (κ2) is 8.79. The number of Topliss-reactive ketones (excluding diaryl/α,β-unsaturated/α-hetero) is 1. The van der Waals surface area contributed by atoms with Crippen molar-refractivity contribution >= 4 is 22.6 Å². The van der Waals surface area contributed by atoms with Crippen LogP contribution in [0.25, 0.3) is 22.0 Å². The number of ketones is 1. The summed E-state index contributed by atoms with van der Waals surface area (Å²) in [4.78, 5) is 27.2. The Bertz CT molecular complexity index is 1300. The number of aromatic amines is 1. The number of rotatable bonds is 6. The van der Waals surface area contributed by atoms with E-state index in [2.05, 4.69) is 10.3 Å². The van der Waals surface area contributed by atoms with Gasteiger partial charge in [-0.05, 0) is 67.6 Å². The molecule has 1 heterocycles. The predicted octanol–water partition coefficient (Wildman–Crippen LogP) is 5.77. The topological polar surface area (TPSA) is 62.0 Å². The van der Waals surface area contributed by atoms with Crippen molar-refractivity contribution in [1.29, 1.82) is 0 Å². The third kappa shape index (κ3) is 4.19. The van der Waals surface area contributed by atoms with Crippen LogP contribution in [-0.2, 0) is 6.42 Å². The second-order valence-electron chi connectivity index (χ2n) is 8.06. The fraction of sp³-hybridized carbons (Fsp3) is 0.185. The van der Waals surface area contributed by atoms with Gasteiger partial charge in [0.05, 0.1) is 5.52 Å².